The van der Waals surface area contributed by atoms with Crippen molar-refractivity contribution in [2.24, 2.45) is 11.2 Å². The van der Waals surface area contributed by atoms with Crippen molar-refractivity contribution < 1.29 is 35.1 Å². The molecule has 1 aliphatic heterocycles. The van der Waals surface area contributed by atoms with Crippen molar-refractivity contribution in [1.29, 1.82) is 0 Å². The van der Waals surface area contributed by atoms with E-state index in [1.54, 1.807) is 13.8 Å². The summed E-state index contributed by atoms with van der Waals surface area (Å²) in [6.45, 7) is 5.28. The normalized spacial score (nSPS) is 33.2. The summed E-state index contributed by atoms with van der Waals surface area (Å²) < 4.78 is 5.39. The molecule has 1 saturated heterocycles. The molecule has 5 atom stereocenters. The molecule has 1 rings (SSSR count). The average Bonchev–Trinajstić information content (AvgIpc) is 2.60. The van der Waals surface area contributed by atoms with Crippen molar-refractivity contribution in [2.45, 2.75) is 70.0 Å². The third-order valence-corrected chi connectivity index (χ3v) is 4.78. The number of ether oxygens (including phenoxy) is 1. The van der Waals surface area contributed by atoms with Crippen molar-refractivity contribution >= 4 is 17.6 Å². The SMILES string of the molecule is CC(C)C[C@]1(O)O[C@H](CO)[C@@H](O)[C@H](O)[C@]1(O)N(C(=O)N(CCCl)N=O)C(C)C. The van der Waals surface area contributed by atoms with Crippen LogP contribution in [-0.2, 0) is 4.74 Å². The Labute approximate surface area is 168 Å². The van der Waals surface area contributed by atoms with E-state index in [1.165, 1.54) is 13.8 Å². The smallest absolute Gasteiger partial charge is 0.345 e. The number of nitrogens with zero attached hydrogens (tertiary/aromatic N) is 3. The van der Waals surface area contributed by atoms with Crippen molar-refractivity contribution in [3.8, 4) is 0 Å². The molecule has 1 fully saturated rings. The van der Waals surface area contributed by atoms with Crippen LogP contribution in [0.3, 0.4) is 0 Å². The number of amides is 2. The maximum Gasteiger partial charge on any atom is 0.345 e. The molecule has 5 N–H and O–H groups in total. The summed E-state index contributed by atoms with van der Waals surface area (Å²) in [6.07, 6.45) is -5.63. The quantitative estimate of drug-likeness (QED) is 0.151. The third-order valence-electron chi connectivity index (χ3n) is 4.61. The number of rotatable bonds is 8. The van der Waals surface area contributed by atoms with Crippen LogP contribution in [0.2, 0.25) is 0 Å². The summed E-state index contributed by atoms with van der Waals surface area (Å²) in [4.78, 5) is 24.6. The largest absolute Gasteiger partial charge is 0.394 e. The molecular formula is C16H30ClN3O8. The Morgan fingerprint density at radius 3 is 2.21 bits per heavy atom. The van der Waals surface area contributed by atoms with E-state index in [0.29, 0.717) is 9.91 Å². The summed E-state index contributed by atoms with van der Waals surface area (Å²) in [7, 11) is 0. The lowest BCUT2D eigenvalue weighted by atomic mass is 9.80. The Bertz CT molecular complexity index is 554. The van der Waals surface area contributed by atoms with E-state index < -0.39 is 48.5 Å². The molecule has 0 bridgehead atoms. The first-order valence-electron chi connectivity index (χ1n) is 9.00. The van der Waals surface area contributed by atoms with Gasteiger partial charge in [-0.1, -0.05) is 13.8 Å². The minimum absolute atomic E-state index is 0.133. The summed E-state index contributed by atoms with van der Waals surface area (Å²) in [6, 6.07) is -2.01. The summed E-state index contributed by atoms with van der Waals surface area (Å²) in [5.41, 5.74) is -2.86. The van der Waals surface area contributed by atoms with Crippen LogP contribution in [0, 0.1) is 10.8 Å². The number of aliphatic hydroxyl groups excluding tert-OH is 3. The monoisotopic (exact) mass is 427 g/mol. The Morgan fingerprint density at radius 1 is 1.25 bits per heavy atom. The van der Waals surface area contributed by atoms with Gasteiger partial charge in [0.25, 0.3) is 0 Å². The fourth-order valence-corrected chi connectivity index (χ4v) is 3.60. The maximum atomic E-state index is 12.9. The number of halogens is 1. The van der Waals surface area contributed by atoms with Crippen LogP contribution >= 0.6 is 11.6 Å². The van der Waals surface area contributed by atoms with Gasteiger partial charge in [0.1, 0.15) is 18.3 Å². The van der Waals surface area contributed by atoms with E-state index in [-0.39, 0.29) is 24.8 Å². The number of carbonyl (C=O) groups is 1. The molecule has 12 heteroatoms. The lowest BCUT2D eigenvalue weighted by molar-refractivity contribution is -0.424. The van der Waals surface area contributed by atoms with Crippen molar-refractivity contribution in [1.82, 2.24) is 9.91 Å². The molecule has 0 unspecified atom stereocenters. The fourth-order valence-electron chi connectivity index (χ4n) is 3.44. The van der Waals surface area contributed by atoms with Crippen LogP contribution in [-0.4, -0.2) is 96.4 Å². The molecule has 0 saturated carbocycles. The second-order valence-electron chi connectivity index (χ2n) is 7.52. The molecule has 0 aromatic rings. The zero-order chi connectivity index (χ0) is 21.9. The van der Waals surface area contributed by atoms with Crippen LogP contribution in [0.15, 0.2) is 5.29 Å². The number of aliphatic hydroxyl groups is 5. The van der Waals surface area contributed by atoms with E-state index in [4.69, 9.17) is 16.3 Å². The molecule has 0 radical (unpaired) electrons. The van der Waals surface area contributed by atoms with Gasteiger partial charge < -0.3 is 30.3 Å². The standard InChI is InChI=1S/C16H30ClN3O8/c1-9(2)7-15(25)16(26,13(23)12(22)11(8-21)28-15)20(10(3)4)14(24)19(18-27)6-5-17/h9-13,21-23,25-26H,5-8H2,1-4H3/t11-,12-,13+,15+,16-/m1/s1. The van der Waals surface area contributed by atoms with Gasteiger partial charge in [0.2, 0.25) is 11.5 Å². The van der Waals surface area contributed by atoms with Crippen LogP contribution in [0.1, 0.15) is 34.1 Å². The van der Waals surface area contributed by atoms with Gasteiger partial charge in [-0.05, 0) is 19.8 Å². The predicted octanol–water partition coefficient (Wildman–Crippen LogP) is -0.425. The average molecular weight is 428 g/mol. The van der Waals surface area contributed by atoms with Gasteiger partial charge in [-0.3, -0.25) is 4.90 Å². The first kappa shape index (κ1) is 25.0. The molecule has 0 aliphatic carbocycles. The van der Waals surface area contributed by atoms with Gasteiger partial charge in [0, 0.05) is 18.3 Å². The molecule has 0 spiro atoms. The van der Waals surface area contributed by atoms with E-state index in [9.17, 15) is 35.2 Å². The summed E-state index contributed by atoms with van der Waals surface area (Å²) in [5.74, 6) is -2.99. The molecule has 1 heterocycles. The number of carbonyl (C=O) groups excluding carboxylic acids is 1. The predicted molar refractivity (Wildman–Crippen MR) is 98.9 cm³/mol. The van der Waals surface area contributed by atoms with Gasteiger partial charge in [-0.15, -0.1) is 16.5 Å². The highest BCUT2D eigenvalue weighted by Crippen LogP contribution is 2.44. The number of urea groups is 1. The van der Waals surface area contributed by atoms with Crippen molar-refractivity contribution in [2.75, 3.05) is 19.0 Å². The first-order valence-corrected chi connectivity index (χ1v) is 9.54. The molecule has 0 aromatic carbocycles. The second kappa shape index (κ2) is 9.61. The van der Waals surface area contributed by atoms with Crippen LogP contribution in [0.4, 0.5) is 4.79 Å². The molecule has 0 aromatic heterocycles. The number of alkyl halides is 1. The Hall–Kier alpha value is -1.08. The van der Waals surface area contributed by atoms with Gasteiger partial charge in [0.15, 0.2) is 0 Å². The highest BCUT2D eigenvalue weighted by Gasteiger charge is 2.68. The number of nitroso groups, excluding NO2 is 1. The molecule has 11 nitrogen and oxygen atoms in total. The van der Waals surface area contributed by atoms with Gasteiger partial charge in [-0.2, -0.15) is 5.01 Å². The third kappa shape index (κ3) is 4.40. The van der Waals surface area contributed by atoms with E-state index in [2.05, 4.69) is 5.29 Å². The maximum absolute atomic E-state index is 12.9. The fraction of sp³-hybridized carbons (Fsp3) is 0.938. The highest BCUT2D eigenvalue weighted by molar-refractivity contribution is 6.18. The lowest BCUT2D eigenvalue weighted by Crippen LogP contribution is -2.81. The zero-order valence-corrected chi connectivity index (χ0v) is 17.2. The minimum Gasteiger partial charge on any atom is -0.394 e. The zero-order valence-electron chi connectivity index (χ0n) is 16.4. The Morgan fingerprint density at radius 2 is 1.82 bits per heavy atom. The minimum atomic E-state index is -2.86. The first-order chi connectivity index (χ1) is 12.9. The number of hydrogen-bond acceptors (Lipinski definition) is 9. The molecular weight excluding hydrogens is 398 g/mol. The van der Waals surface area contributed by atoms with Crippen molar-refractivity contribution in [3.63, 3.8) is 0 Å². The second-order valence-corrected chi connectivity index (χ2v) is 7.90. The summed E-state index contributed by atoms with van der Waals surface area (Å²) >= 11 is 5.57. The summed E-state index contributed by atoms with van der Waals surface area (Å²) in [5, 5.41) is 56.1. The van der Waals surface area contributed by atoms with Gasteiger partial charge in [-0.25, -0.2) is 4.79 Å². The molecule has 1 aliphatic rings. The molecule has 164 valence electrons. The van der Waals surface area contributed by atoms with Crippen LogP contribution < -0.4 is 0 Å². The molecule has 28 heavy (non-hydrogen) atoms. The lowest BCUT2D eigenvalue weighted by Gasteiger charge is -2.58. The molecule has 2 amide bonds. The number of hydrogen-bond donors (Lipinski definition) is 5. The van der Waals surface area contributed by atoms with Crippen LogP contribution in [0.25, 0.3) is 0 Å². The van der Waals surface area contributed by atoms with Crippen LogP contribution in [0.5, 0.6) is 0 Å². The van der Waals surface area contributed by atoms with E-state index in [1.807, 2.05) is 0 Å². The van der Waals surface area contributed by atoms with Gasteiger partial charge in [0.05, 0.1) is 18.4 Å². The van der Waals surface area contributed by atoms with E-state index in [0.717, 1.165) is 0 Å². The highest BCUT2D eigenvalue weighted by atomic mass is 35.5. The topological polar surface area (TPSA) is 163 Å². The van der Waals surface area contributed by atoms with Crippen molar-refractivity contribution in [3.05, 3.63) is 4.91 Å². The van der Waals surface area contributed by atoms with Gasteiger partial charge >= 0.3 is 6.03 Å². The van der Waals surface area contributed by atoms with E-state index >= 15 is 0 Å². The Kier molecular flexibility index (Phi) is 8.57. The Balaban J connectivity index is 3.58.